The summed E-state index contributed by atoms with van der Waals surface area (Å²) in [4.78, 5) is 37.7. The van der Waals surface area contributed by atoms with E-state index in [-0.39, 0.29) is 11.5 Å². The number of hydrogen-bond donors (Lipinski definition) is 2. The van der Waals surface area contributed by atoms with Crippen molar-refractivity contribution in [2.24, 2.45) is 5.92 Å². The monoisotopic (exact) mass is 384 g/mol. The van der Waals surface area contributed by atoms with Gasteiger partial charge in [-0.2, -0.15) is 0 Å². The Hall–Kier alpha value is -3.22. The third-order valence-electron chi connectivity index (χ3n) is 4.91. The SMILES string of the molecule is CC(C(=O)O)C(NC(=O)c1cc(N2CCCC2=O)ccc1F)c1ccccc1. The van der Waals surface area contributed by atoms with Crippen LogP contribution in [0.1, 0.15) is 41.7 Å². The second kappa shape index (κ2) is 8.21. The van der Waals surface area contributed by atoms with Crippen molar-refractivity contribution in [3.63, 3.8) is 0 Å². The molecule has 0 saturated carbocycles. The molecule has 0 aliphatic carbocycles. The number of anilines is 1. The number of nitrogens with one attached hydrogen (secondary N) is 1. The Morgan fingerprint density at radius 3 is 2.50 bits per heavy atom. The van der Waals surface area contributed by atoms with Gasteiger partial charge in [0.05, 0.1) is 17.5 Å². The molecule has 2 unspecified atom stereocenters. The van der Waals surface area contributed by atoms with Crippen LogP contribution in [-0.2, 0) is 9.59 Å². The molecule has 1 saturated heterocycles. The van der Waals surface area contributed by atoms with E-state index in [1.54, 1.807) is 30.3 Å². The average molecular weight is 384 g/mol. The second-order valence-corrected chi connectivity index (χ2v) is 6.80. The Morgan fingerprint density at radius 2 is 1.89 bits per heavy atom. The summed E-state index contributed by atoms with van der Waals surface area (Å²) in [6.45, 7) is 2.00. The van der Waals surface area contributed by atoms with Crippen LogP contribution in [0.15, 0.2) is 48.5 Å². The fraction of sp³-hybridized carbons (Fsp3) is 0.286. The number of hydrogen-bond acceptors (Lipinski definition) is 3. The molecule has 0 bridgehead atoms. The van der Waals surface area contributed by atoms with Gasteiger partial charge >= 0.3 is 5.97 Å². The lowest BCUT2D eigenvalue weighted by Gasteiger charge is -2.23. The molecule has 1 aliphatic heterocycles. The van der Waals surface area contributed by atoms with E-state index < -0.39 is 29.7 Å². The first-order chi connectivity index (χ1) is 13.4. The highest BCUT2D eigenvalue weighted by atomic mass is 19.1. The van der Waals surface area contributed by atoms with Crippen LogP contribution < -0.4 is 10.2 Å². The molecule has 3 rings (SSSR count). The minimum absolute atomic E-state index is 0.0698. The van der Waals surface area contributed by atoms with Crippen LogP contribution in [0.5, 0.6) is 0 Å². The maximum Gasteiger partial charge on any atom is 0.308 e. The third kappa shape index (κ3) is 4.03. The number of carboxylic acids is 1. The van der Waals surface area contributed by atoms with Gasteiger partial charge in [0.2, 0.25) is 5.91 Å². The molecule has 0 spiro atoms. The van der Waals surface area contributed by atoms with Gasteiger partial charge in [0.25, 0.3) is 5.91 Å². The quantitative estimate of drug-likeness (QED) is 0.801. The molecule has 1 heterocycles. The zero-order valence-corrected chi connectivity index (χ0v) is 15.4. The fourth-order valence-corrected chi connectivity index (χ4v) is 3.30. The highest BCUT2D eigenvalue weighted by molar-refractivity contribution is 5.99. The number of amides is 2. The highest BCUT2D eigenvalue weighted by Gasteiger charge is 2.29. The van der Waals surface area contributed by atoms with Gasteiger partial charge in [0.1, 0.15) is 5.82 Å². The number of aliphatic carboxylic acids is 1. The maximum absolute atomic E-state index is 14.3. The number of rotatable bonds is 6. The third-order valence-corrected chi connectivity index (χ3v) is 4.91. The Bertz CT molecular complexity index is 901. The summed E-state index contributed by atoms with van der Waals surface area (Å²) in [6.07, 6.45) is 1.13. The van der Waals surface area contributed by atoms with E-state index >= 15 is 0 Å². The van der Waals surface area contributed by atoms with Crippen molar-refractivity contribution >= 4 is 23.5 Å². The Kier molecular flexibility index (Phi) is 5.73. The van der Waals surface area contributed by atoms with E-state index in [4.69, 9.17) is 0 Å². The molecule has 0 radical (unpaired) electrons. The van der Waals surface area contributed by atoms with Crippen LogP contribution in [0, 0.1) is 11.7 Å². The molecule has 2 atom stereocenters. The molecule has 2 amide bonds. The second-order valence-electron chi connectivity index (χ2n) is 6.80. The van der Waals surface area contributed by atoms with E-state index in [0.717, 1.165) is 6.07 Å². The first kappa shape index (κ1) is 19.5. The van der Waals surface area contributed by atoms with Gasteiger partial charge in [0.15, 0.2) is 0 Å². The standard InChI is InChI=1S/C21H21FN2O4/c1-13(21(27)28)19(14-6-3-2-4-7-14)23-20(26)16-12-15(9-10-17(16)22)24-11-5-8-18(24)25/h2-4,6-7,9-10,12-13,19H,5,8,11H2,1H3,(H,23,26)(H,27,28). The van der Waals surface area contributed by atoms with E-state index in [1.807, 2.05) is 0 Å². The van der Waals surface area contributed by atoms with Crippen LogP contribution in [0.25, 0.3) is 0 Å². The van der Waals surface area contributed by atoms with Gasteiger partial charge in [-0.3, -0.25) is 14.4 Å². The summed E-state index contributed by atoms with van der Waals surface area (Å²) >= 11 is 0. The van der Waals surface area contributed by atoms with Crippen molar-refractivity contribution in [3.8, 4) is 0 Å². The van der Waals surface area contributed by atoms with Crippen molar-refractivity contribution < 1.29 is 23.9 Å². The zero-order valence-electron chi connectivity index (χ0n) is 15.4. The molecule has 1 fully saturated rings. The summed E-state index contributed by atoms with van der Waals surface area (Å²) in [5.41, 5.74) is 0.837. The number of benzene rings is 2. The molecule has 2 N–H and O–H groups in total. The summed E-state index contributed by atoms with van der Waals surface area (Å²) in [5, 5.41) is 12.0. The molecule has 2 aromatic rings. The Morgan fingerprint density at radius 1 is 1.18 bits per heavy atom. The first-order valence-electron chi connectivity index (χ1n) is 9.07. The summed E-state index contributed by atoms with van der Waals surface area (Å²) < 4.78 is 14.3. The van der Waals surface area contributed by atoms with Crippen LogP contribution in [0.4, 0.5) is 10.1 Å². The summed E-state index contributed by atoms with van der Waals surface area (Å²) in [7, 11) is 0. The van der Waals surface area contributed by atoms with Gasteiger partial charge in [-0.05, 0) is 37.1 Å². The molecule has 1 aliphatic rings. The predicted octanol–water partition coefficient (Wildman–Crippen LogP) is 3.14. The molecule has 2 aromatic carbocycles. The molecule has 0 aromatic heterocycles. The molecule has 146 valence electrons. The van der Waals surface area contributed by atoms with Crippen LogP contribution in [-0.4, -0.2) is 29.4 Å². The molecule has 6 nitrogen and oxygen atoms in total. The lowest BCUT2D eigenvalue weighted by atomic mass is 9.94. The summed E-state index contributed by atoms with van der Waals surface area (Å²) in [5.74, 6) is -3.53. The smallest absolute Gasteiger partial charge is 0.308 e. The highest BCUT2D eigenvalue weighted by Crippen LogP contribution is 2.26. The van der Waals surface area contributed by atoms with E-state index in [1.165, 1.54) is 24.0 Å². The Labute approximate surface area is 162 Å². The lowest BCUT2D eigenvalue weighted by Crippen LogP contribution is -2.36. The minimum Gasteiger partial charge on any atom is -0.481 e. The molecule has 28 heavy (non-hydrogen) atoms. The predicted molar refractivity (Wildman–Crippen MR) is 101 cm³/mol. The lowest BCUT2D eigenvalue weighted by molar-refractivity contribution is -0.142. The normalized spacial score (nSPS) is 15.9. The first-order valence-corrected chi connectivity index (χ1v) is 9.07. The van der Waals surface area contributed by atoms with Gasteiger partial charge in [0, 0.05) is 18.7 Å². The number of carbonyl (C=O) groups is 3. The molecular weight excluding hydrogens is 363 g/mol. The number of carbonyl (C=O) groups excluding carboxylic acids is 2. The van der Waals surface area contributed by atoms with Crippen LogP contribution in [0.2, 0.25) is 0 Å². The van der Waals surface area contributed by atoms with E-state index in [9.17, 15) is 23.9 Å². The number of nitrogens with zero attached hydrogens (tertiary/aromatic N) is 1. The van der Waals surface area contributed by atoms with Crippen molar-refractivity contribution in [2.45, 2.75) is 25.8 Å². The van der Waals surface area contributed by atoms with Crippen molar-refractivity contribution in [2.75, 3.05) is 11.4 Å². The van der Waals surface area contributed by atoms with Crippen molar-refractivity contribution in [3.05, 3.63) is 65.5 Å². The van der Waals surface area contributed by atoms with Crippen molar-refractivity contribution in [1.82, 2.24) is 5.32 Å². The van der Waals surface area contributed by atoms with Gasteiger partial charge in [-0.25, -0.2) is 4.39 Å². The minimum atomic E-state index is -1.08. The summed E-state index contributed by atoms with van der Waals surface area (Å²) in [6, 6.07) is 11.8. The van der Waals surface area contributed by atoms with Gasteiger partial charge in [-0.15, -0.1) is 0 Å². The zero-order chi connectivity index (χ0) is 20.3. The van der Waals surface area contributed by atoms with Crippen LogP contribution in [0.3, 0.4) is 0 Å². The number of halogens is 1. The van der Waals surface area contributed by atoms with Gasteiger partial charge in [-0.1, -0.05) is 30.3 Å². The van der Waals surface area contributed by atoms with E-state index in [2.05, 4.69) is 5.32 Å². The van der Waals surface area contributed by atoms with Gasteiger partial charge < -0.3 is 15.3 Å². The molecule has 7 heteroatoms. The topological polar surface area (TPSA) is 86.7 Å². The van der Waals surface area contributed by atoms with Crippen LogP contribution >= 0.6 is 0 Å². The largest absolute Gasteiger partial charge is 0.481 e. The molecular formula is C21H21FN2O4. The fourth-order valence-electron chi connectivity index (χ4n) is 3.30. The number of carboxylic acid groups (broad SMARTS) is 1. The average Bonchev–Trinajstić information content (AvgIpc) is 3.12. The Balaban J connectivity index is 1.89. The van der Waals surface area contributed by atoms with Crippen molar-refractivity contribution in [1.29, 1.82) is 0 Å². The maximum atomic E-state index is 14.3. The van der Waals surface area contributed by atoms with E-state index in [0.29, 0.717) is 30.6 Å².